The molecule has 0 aromatic heterocycles. The van der Waals surface area contributed by atoms with Crippen molar-refractivity contribution in [3.63, 3.8) is 0 Å². The maximum atomic E-state index is 12.9. The van der Waals surface area contributed by atoms with Gasteiger partial charge in [-0.3, -0.25) is 9.59 Å². The molecule has 0 radical (unpaired) electrons. The van der Waals surface area contributed by atoms with Crippen LogP contribution in [0.4, 0.5) is 0 Å². The second-order valence-electron chi connectivity index (χ2n) is 7.33. The van der Waals surface area contributed by atoms with Crippen LogP contribution in [0.1, 0.15) is 35.7 Å². The summed E-state index contributed by atoms with van der Waals surface area (Å²) in [4.78, 5) is 25.4. The van der Waals surface area contributed by atoms with Gasteiger partial charge >= 0.3 is 5.97 Å². The number of Topliss-reactive ketones (excluding diaryl/α,β-unsaturated/α-hetero) is 1. The molecule has 0 saturated heterocycles. The van der Waals surface area contributed by atoms with Gasteiger partial charge in [-0.1, -0.05) is 60.1 Å². The van der Waals surface area contributed by atoms with E-state index in [4.69, 9.17) is 16.3 Å². The van der Waals surface area contributed by atoms with E-state index in [9.17, 15) is 9.59 Å². The first-order valence-corrected chi connectivity index (χ1v) is 11.7. The van der Waals surface area contributed by atoms with Crippen LogP contribution < -0.4 is 0 Å². The Balaban J connectivity index is 1.68. The van der Waals surface area contributed by atoms with Crippen molar-refractivity contribution in [3.8, 4) is 11.1 Å². The van der Waals surface area contributed by atoms with E-state index in [0.29, 0.717) is 23.6 Å². The second kappa shape index (κ2) is 11.4. The van der Waals surface area contributed by atoms with E-state index in [1.54, 1.807) is 6.92 Å². The average molecular weight is 547 g/mol. The van der Waals surface area contributed by atoms with E-state index < -0.39 is 5.92 Å². The lowest BCUT2D eigenvalue weighted by Crippen LogP contribution is -2.22. The van der Waals surface area contributed by atoms with Gasteiger partial charge in [-0.05, 0) is 83.3 Å². The minimum absolute atomic E-state index is 0.0525. The Morgan fingerprint density at radius 3 is 2.23 bits per heavy atom. The van der Waals surface area contributed by atoms with Crippen LogP contribution >= 0.6 is 34.2 Å². The molecule has 0 N–H and O–H groups in total. The first kappa shape index (κ1) is 23.5. The van der Waals surface area contributed by atoms with Gasteiger partial charge in [0.2, 0.25) is 0 Å². The summed E-state index contributed by atoms with van der Waals surface area (Å²) in [5.74, 6) is -0.816. The van der Waals surface area contributed by atoms with Crippen LogP contribution in [0.5, 0.6) is 0 Å². The number of benzene rings is 3. The van der Waals surface area contributed by atoms with Crippen LogP contribution in [0.15, 0.2) is 72.8 Å². The predicted molar refractivity (Wildman–Crippen MR) is 133 cm³/mol. The fraction of sp³-hybridized carbons (Fsp3) is 0.231. The number of rotatable bonds is 9. The summed E-state index contributed by atoms with van der Waals surface area (Å²) < 4.78 is 6.39. The SMILES string of the molecule is CCOC(=O)C(CCc1cccc(I)c1)CC(=O)c1ccc(-c2ccc(Cl)cc2)cc1. The minimum Gasteiger partial charge on any atom is -0.466 e. The van der Waals surface area contributed by atoms with E-state index in [1.165, 1.54) is 0 Å². The summed E-state index contributed by atoms with van der Waals surface area (Å²) in [6.07, 6.45) is 1.44. The van der Waals surface area contributed by atoms with E-state index in [1.807, 2.05) is 66.7 Å². The average Bonchev–Trinajstić information content (AvgIpc) is 2.77. The molecule has 0 aliphatic heterocycles. The minimum atomic E-state index is -0.457. The Morgan fingerprint density at radius 2 is 1.61 bits per heavy atom. The van der Waals surface area contributed by atoms with Gasteiger partial charge in [-0.25, -0.2) is 0 Å². The third-order valence-electron chi connectivity index (χ3n) is 5.11. The molecule has 5 heteroatoms. The molecule has 0 heterocycles. The molecule has 1 atom stereocenters. The summed E-state index contributed by atoms with van der Waals surface area (Å²) in [6, 6.07) is 23.2. The lowest BCUT2D eigenvalue weighted by atomic mass is 9.92. The monoisotopic (exact) mass is 546 g/mol. The molecule has 31 heavy (non-hydrogen) atoms. The fourth-order valence-corrected chi connectivity index (χ4v) is 4.16. The summed E-state index contributed by atoms with van der Waals surface area (Å²) in [5.41, 5.74) is 3.79. The highest BCUT2D eigenvalue weighted by atomic mass is 127. The maximum Gasteiger partial charge on any atom is 0.309 e. The highest BCUT2D eigenvalue weighted by Gasteiger charge is 2.24. The third-order valence-corrected chi connectivity index (χ3v) is 6.03. The number of ketones is 1. The van der Waals surface area contributed by atoms with Crippen LogP contribution in [0.2, 0.25) is 5.02 Å². The van der Waals surface area contributed by atoms with Gasteiger partial charge in [-0.15, -0.1) is 0 Å². The molecule has 3 rings (SSSR count). The number of hydrogen-bond acceptors (Lipinski definition) is 3. The number of carbonyl (C=O) groups is 2. The van der Waals surface area contributed by atoms with Crippen molar-refractivity contribution in [1.82, 2.24) is 0 Å². The van der Waals surface area contributed by atoms with Gasteiger partial charge in [0.1, 0.15) is 0 Å². The smallest absolute Gasteiger partial charge is 0.309 e. The Labute approximate surface area is 201 Å². The zero-order valence-corrected chi connectivity index (χ0v) is 20.2. The van der Waals surface area contributed by atoms with E-state index in [2.05, 4.69) is 28.7 Å². The van der Waals surface area contributed by atoms with Crippen LogP contribution in [0.25, 0.3) is 11.1 Å². The van der Waals surface area contributed by atoms with Crippen molar-refractivity contribution in [2.45, 2.75) is 26.2 Å². The molecule has 0 aliphatic rings. The largest absolute Gasteiger partial charge is 0.466 e. The molecule has 3 aromatic rings. The number of aryl methyl sites for hydroxylation is 1. The molecule has 0 aliphatic carbocycles. The van der Waals surface area contributed by atoms with Gasteiger partial charge in [0, 0.05) is 20.6 Å². The molecule has 0 amide bonds. The predicted octanol–water partition coefficient (Wildman–Crippen LogP) is 7.00. The van der Waals surface area contributed by atoms with Crippen molar-refractivity contribution < 1.29 is 14.3 Å². The highest BCUT2D eigenvalue weighted by Crippen LogP contribution is 2.24. The van der Waals surface area contributed by atoms with Crippen LogP contribution in [0.3, 0.4) is 0 Å². The summed E-state index contributed by atoms with van der Waals surface area (Å²) >= 11 is 8.22. The van der Waals surface area contributed by atoms with Crippen molar-refractivity contribution in [1.29, 1.82) is 0 Å². The molecule has 0 bridgehead atoms. The molecule has 0 fully saturated rings. The Hall–Kier alpha value is -2.18. The zero-order valence-electron chi connectivity index (χ0n) is 17.3. The zero-order chi connectivity index (χ0) is 22.2. The normalized spacial score (nSPS) is 11.7. The van der Waals surface area contributed by atoms with Crippen LogP contribution in [-0.4, -0.2) is 18.4 Å². The Morgan fingerprint density at radius 1 is 0.968 bits per heavy atom. The molecule has 3 aromatic carbocycles. The van der Waals surface area contributed by atoms with Crippen molar-refractivity contribution in [3.05, 3.63) is 92.5 Å². The first-order valence-electron chi connectivity index (χ1n) is 10.3. The third kappa shape index (κ3) is 6.91. The van der Waals surface area contributed by atoms with Crippen LogP contribution in [-0.2, 0) is 16.0 Å². The number of ether oxygens (including phenoxy) is 1. The van der Waals surface area contributed by atoms with Gasteiger partial charge in [0.15, 0.2) is 5.78 Å². The molecular formula is C26H24ClIO3. The maximum absolute atomic E-state index is 12.9. The standard InChI is InChI=1S/C26H24ClIO3/c1-2-31-26(30)22(7-6-18-4-3-5-24(28)16-18)17-25(29)21-10-8-19(9-11-21)20-12-14-23(27)15-13-20/h3-5,8-16,22H,2,6-7,17H2,1H3. The second-order valence-corrected chi connectivity index (χ2v) is 9.01. The van der Waals surface area contributed by atoms with Crippen LogP contribution in [0, 0.1) is 9.49 Å². The number of carbonyl (C=O) groups excluding carboxylic acids is 2. The number of hydrogen-bond donors (Lipinski definition) is 0. The molecule has 1 unspecified atom stereocenters. The first-order chi connectivity index (χ1) is 15.0. The molecule has 160 valence electrons. The summed E-state index contributed by atoms with van der Waals surface area (Å²) in [6.45, 7) is 2.09. The van der Waals surface area contributed by atoms with Gasteiger partial charge in [-0.2, -0.15) is 0 Å². The van der Waals surface area contributed by atoms with Gasteiger partial charge in [0.05, 0.1) is 12.5 Å². The quantitative estimate of drug-likeness (QED) is 0.165. The summed E-state index contributed by atoms with van der Waals surface area (Å²) in [7, 11) is 0. The Bertz CT molecular complexity index is 1030. The lowest BCUT2D eigenvalue weighted by Gasteiger charge is -2.15. The van der Waals surface area contributed by atoms with Gasteiger partial charge in [0.25, 0.3) is 0 Å². The van der Waals surface area contributed by atoms with Gasteiger partial charge < -0.3 is 4.74 Å². The van der Waals surface area contributed by atoms with E-state index in [-0.39, 0.29) is 18.2 Å². The number of esters is 1. The highest BCUT2D eigenvalue weighted by molar-refractivity contribution is 14.1. The van der Waals surface area contributed by atoms with E-state index in [0.717, 1.165) is 26.7 Å². The summed E-state index contributed by atoms with van der Waals surface area (Å²) in [5, 5.41) is 0.686. The molecule has 3 nitrogen and oxygen atoms in total. The number of halogens is 2. The molecule has 0 spiro atoms. The molecule has 0 saturated carbocycles. The topological polar surface area (TPSA) is 43.4 Å². The van der Waals surface area contributed by atoms with Crippen molar-refractivity contribution in [2.24, 2.45) is 5.92 Å². The van der Waals surface area contributed by atoms with E-state index >= 15 is 0 Å². The molecular weight excluding hydrogens is 523 g/mol. The van der Waals surface area contributed by atoms with Crippen molar-refractivity contribution >= 4 is 45.9 Å². The van der Waals surface area contributed by atoms with Crippen molar-refractivity contribution in [2.75, 3.05) is 6.61 Å². The fourth-order valence-electron chi connectivity index (χ4n) is 3.43. The lowest BCUT2D eigenvalue weighted by molar-refractivity contribution is -0.148. The Kier molecular flexibility index (Phi) is 8.67.